The molecule has 0 amide bonds. The Balaban J connectivity index is 2.90. The van der Waals surface area contributed by atoms with E-state index in [0.29, 0.717) is 0 Å². The van der Waals surface area contributed by atoms with Gasteiger partial charge in [0.2, 0.25) is 0 Å². The van der Waals surface area contributed by atoms with Crippen molar-refractivity contribution in [2.75, 3.05) is 0 Å². The van der Waals surface area contributed by atoms with Gasteiger partial charge in [0, 0.05) is 16.9 Å². The molecule has 0 aromatic carbocycles. The molecule has 2 aromatic rings. The highest BCUT2D eigenvalue weighted by atomic mass is 35.7. The van der Waals surface area contributed by atoms with E-state index in [-0.39, 0.29) is 10.7 Å². The standard InChI is InChI=1S/C7H4ClFN2O2S/c8-14(12,13)6-4-10-7-5(9)2-1-3-11(6)7/h1-4H. The lowest BCUT2D eigenvalue weighted by Gasteiger charge is -1.96. The van der Waals surface area contributed by atoms with E-state index in [9.17, 15) is 12.8 Å². The maximum absolute atomic E-state index is 13.1. The fourth-order valence-electron chi connectivity index (χ4n) is 1.13. The normalized spacial score (nSPS) is 12.1. The zero-order valence-corrected chi connectivity index (χ0v) is 8.26. The lowest BCUT2D eigenvalue weighted by Crippen LogP contribution is -1.97. The van der Waals surface area contributed by atoms with Crippen LogP contribution in [0.15, 0.2) is 29.6 Å². The minimum atomic E-state index is -3.90. The third-order valence-corrected chi connectivity index (χ3v) is 2.98. The lowest BCUT2D eigenvalue weighted by molar-refractivity contribution is 0.603. The Labute approximate surface area is 83.4 Å². The van der Waals surface area contributed by atoms with Gasteiger partial charge < -0.3 is 0 Å². The molecule has 0 radical (unpaired) electrons. The van der Waals surface area contributed by atoms with Crippen molar-refractivity contribution in [3.8, 4) is 0 Å². The number of imidazole rings is 1. The number of nitrogens with zero attached hydrogens (tertiary/aromatic N) is 2. The van der Waals surface area contributed by atoms with Gasteiger partial charge in [-0.15, -0.1) is 0 Å². The van der Waals surface area contributed by atoms with Gasteiger partial charge in [-0.2, -0.15) is 0 Å². The van der Waals surface area contributed by atoms with Gasteiger partial charge in [0.15, 0.2) is 16.5 Å². The molecule has 2 rings (SSSR count). The Morgan fingerprint density at radius 1 is 1.50 bits per heavy atom. The van der Waals surface area contributed by atoms with Gasteiger partial charge in [-0.1, -0.05) is 0 Å². The quantitative estimate of drug-likeness (QED) is 0.701. The van der Waals surface area contributed by atoms with Crippen molar-refractivity contribution < 1.29 is 12.8 Å². The summed E-state index contributed by atoms with van der Waals surface area (Å²) in [5.41, 5.74) is -0.0632. The molecule has 0 atom stereocenters. The molecule has 0 saturated carbocycles. The lowest BCUT2D eigenvalue weighted by atomic mass is 10.4. The topological polar surface area (TPSA) is 51.4 Å². The van der Waals surface area contributed by atoms with Gasteiger partial charge in [0.05, 0.1) is 6.20 Å². The maximum Gasteiger partial charge on any atom is 0.278 e. The molecule has 0 aliphatic heterocycles. The molecule has 4 nitrogen and oxygen atoms in total. The first-order valence-corrected chi connectivity index (χ1v) is 5.87. The van der Waals surface area contributed by atoms with Crippen molar-refractivity contribution in [1.29, 1.82) is 0 Å². The second-order valence-electron chi connectivity index (χ2n) is 2.58. The van der Waals surface area contributed by atoms with Crippen molar-refractivity contribution in [1.82, 2.24) is 9.38 Å². The molecular formula is C7H4ClFN2O2S. The van der Waals surface area contributed by atoms with E-state index in [2.05, 4.69) is 4.98 Å². The molecule has 7 heteroatoms. The molecule has 0 unspecified atom stereocenters. The monoisotopic (exact) mass is 234 g/mol. The van der Waals surface area contributed by atoms with Gasteiger partial charge in [-0.25, -0.2) is 17.8 Å². The maximum atomic E-state index is 13.1. The van der Waals surface area contributed by atoms with Crippen LogP contribution in [0.5, 0.6) is 0 Å². The van der Waals surface area contributed by atoms with E-state index >= 15 is 0 Å². The minimum absolute atomic E-state index is 0.0632. The summed E-state index contributed by atoms with van der Waals surface area (Å²) in [5, 5.41) is -0.242. The molecule has 0 fully saturated rings. The van der Waals surface area contributed by atoms with E-state index in [1.165, 1.54) is 18.3 Å². The molecule has 74 valence electrons. The average Bonchev–Trinajstić information content (AvgIpc) is 2.47. The van der Waals surface area contributed by atoms with Crippen LogP contribution >= 0.6 is 10.7 Å². The number of aromatic nitrogens is 2. The summed E-state index contributed by atoms with van der Waals surface area (Å²) in [6.45, 7) is 0. The minimum Gasteiger partial charge on any atom is -0.287 e. The first-order chi connectivity index (χ1) is 6.50. The summed E-state index contributed by atoms with van der Waals surface area (Å²) >= 11 is 0. The Morgan fingerprint density at radius 3 is 2.86 bits per heavy atom. The summed E-state index contributed by atoms with van der Waals surface area (Å²) in [5.74, 6) is -0.598. The van der Waals surface area contributed by atoms with Gasteiger partial charge in [-0.05, 0) is 12.1 Å². The molecule has 14 heavy (non-hydrogen) atoms. The molecule has 2 aromatic heterocycles. The van der Waals surface area contributed by atoms with Gasteiger partial charge in [0.1, 0.15) is 0 Å². The largest absolute Gasteiger partial charge is 0.287 e. The van der Waals surface area contributed by atoms with E-state index in [4.69, 9.17) is 10.7 Å². The van der Waals surface area contributed by atoms with E-state index in [1.807, 2.05) is 0 Å². The zero-order chi connectivity index (χ0) is 10.3. The third kappa shape index (κ3) is 1.36. The summed E-state index contributed by atoms with van der Waals surface area (Å²) in [6, 6.07) is 2.56. The number of halogens is 2. The van der Waals surface area contributed by atoms with Crippen LogP contribution in [0.4, 0.5) is 4.39 Å². The first-order valence-electron chi connectivity index (χ1n) is 3.56. The zero-order valence-electron chi connectivity index (χ0n) is 6.68. The molecule has 0 spiro atoms. The highest BCUT2D eigenvalue weighted by Crippen LogP contribution is 2.17. The predicted molar refractivity (Wildman–Crippen MR) is 48.2 cm³/mol. The summed E-state index contributed by atoms with van der Waals surface area (Å²) < 4.78 is 36.2. The number of fused-ring (bicyclic) bond motifs is 1. The van der Waals surface area contributed by atoms with Crippen LogP contribution in [0.25, 0.3) is 5.65 Å². The molecule has 0 aliphatic rings. The van der Waals surface area contributed by atoms with Crippen LogP contribution in [-0.4, -0.2) is 17.8 Å². The second-order valence-corrected chi connectivity index (χ2v) is 5.10. The van der Waals surface area contributed by atoms with Crippen molar-refractivity contribution >= 4 is 25.4 Å². The van der Waals surface area contributed by atoms with E-state index in [1.54, 1.807) is 0 Å². The number of pyridine rings is 1. The fourth-order valence-corrected chi connectivity index (χ4v) is 2.04. The van der Waals surface area contributed by atoms with Crippen molar-refractivity contribution in [2.24, 2.45) is 0 Å². The van der Waals surface area contributed by atoms with Crippen LogP contribution in [0.2, 0.25) is 0 Å². The Hall–Kier alpha value is -1.14. The number of hydrogen-bond donors (Lipinski definition) is 0. The van der Waals surface area contributed by atoms with Gasteiger partial charge in [0.25, 0.3) is 9.05 Å². The van der Waals surface area contributed by atoms with Crippen LogP contribution < -0.4 is 0 Å². The number of rotatable bonds is 1. The Bertz CT molecular complexity index is 593. The van der Waals surface area contributed by atoms with Crippen molar-refractivity contribution in [3.05, 3.63) is 30.3 Å². The SMILES string of the molecule is O=S(=O)(Cl)c1cnc2c(F)cccn12. The Kier molecular flexibility index (Phi) is 1.97. The summed E-state index contributed by atoms with van der Waals surface area (Å²) in [6.07, 6.45) is 2.39. The van der Waals surface area contributed by atoms with Crippen LogP contribution in [0.1, 0.15) is 0 Å². The average molecular weight is 235 g/mol. The van der Waals surface area contributed by atoms with Crippen LogP contribution in [-0.2, 0) is 9.05 Å². The predicted octanol–water partition coefficient (Wildman–Crippen LogP) is 1.40. The van der Waals surface area contributed by atoms with E-state index < -0.39 is 14.9 Å². The molecule has 0 saturated heterocycles. The van der Waals surface area contributed by atoms with Crippen molar-refractivity contribution in [2.45, 2.75) is 5.03 Å². The van der Waals surface area contributed by atoms with Gasteiger partial charge >= 0.3 is 0 Å². The third-order valence-electron chi connectivity index (χ3n) is 1.70. The summed E-state index contributed by atoms with van der Waals surface area (Å²) in [7, 11) is 1.22. The molecular weight excluding hydrogens is 231 g/mol. The Morgan fingerprint density at radius 2 is 2.21 bits per heavy atom. The molecule has 0 bridgehead atoms. The molecule has 0 aliphatic carbocycles. The second kappa shape index (κ2) is 2.93. The van der Waals surface area contributed by atoms with E-state index in [0.717, 1.165) is 10.6 Å². The highest BCUT2D eigenvalue weighted by Gasteiger charge is 2.17. The number of hydrogen-bond acceptors (Lipinski definition) is 3. The van der Waals surface area contributed by atoms with Crippen LogP contribution in [0, 0.1) is 5.82 Å². The highest BCUT2D eigenvalue weighted by molar-refractivity contribution is 8.13. The molecule has 0 N–H and O–H groups in total. The first kappa shape index (κ1) is 9.42. The van der Waals surface area contributed by atoms with Crippen molar-refractivity contribution in [3.63, 3.8) is 0 Å². The molecule has 2 heterocycles. The van der Waals surface area contributed by atoms with Gasteiger partial charge in [-0.3, -0.25) is 4.40 Å². The fraction of sp³-hybridized carbons (Fsp3) is 0. The van der Waals surface area contributed by atoms with Crippen LogP contribution in [0.3, 0.4) is 0 Å². The summed E-state index contributed by atoms with van der Waals surface area (Å²) in [4.78, 5) is 3.61. The smallest absolute Gasteiger partial charge is 0.278 e.